The van der Waals surface area contributed by atoms with Crippen molar-refractivity contribution in [3.05, 3.63) is 85.8 Å². The average Bonchev–Trinajstić information content (AvgIpc) is 3.15. The Labute approximate surface area is 181 Å². The van der Waals surface area contributed by atoms with Gasteiger partial charge in [0.2, 0.25) is 5.91 Å². The molecule has 1 N–H and O–H groups in total. The molecule has 31 heavy (non-hydrogen) atoms. The SMILES string of the molecule is Cc1ccc(-c2csc3ncn(CC(=O)Nc4cccc([N+](=O)[O-])c4)c(=O)c23)c(C)c1. The van der Waals surface area contributed by atoms with E-state index in [1.807, 2.05) is 31.4 Å². The molecule has 0 spiro atoms. The molecule has 0 saturated carbocycles. The quantitative estimate of drug-likeness (QED) is 0.372. The molecule has 8 nitrogen and oxygen atoms in total. The smallest absolute Gasteiger partial charge is 0.271 e. The first-order valence-corrected chi connectivity index (χ1v) is 10.3. The van der Waals surface area contributed by atoms with Gasteiger partial charge in [-0.25, -0.2) is 4.98 Å². The number of anilines is 1. The van der Waals surface area contributed by atoms with Crippen LogP contribution in [0.1, 0.15) is 11.1 Å². The Morgan fingerprint density at radius 2 is 2.00 bits per heavy atom. The van der Waals surface area contributed by atoms with Crippen molar-refractivity contribution in [1.29, 1.82) is 0 Å². The van der Waals surface area contributed by atoms with E-state index in [9.17, 15) is 19.7 Å². The molecule has 0 fully saturated rings. The lowest BCUT2D eigenvalue weighted by Crippen LogP contribution is -2.27. The van der Waals surface area contributed by atoms with Crippen LogP contribution in [0.25, 0.3) is 21.3 Å². The molecular weight excluding hydrogens is 416 g/mol. The van der Waals surface area contributed by atoms with Crippen LogP contribution in [0.3, 0.4) is 0 Å². The van der Waals surface area contributed by atoms with Crippen LogP contribution < -0.4 is 10.9 Å². The number of thiophene rings is 1. The topological polar surface area (TPSA) is 107 Å². The third-order valence-corrected chi connectivity index (χ3v) is 5.77. The van der Waals surface area contributed by atoms with Gasteiger partial charge in [0.05, 0.1) is 16.6 Å². The maximum absolute atomic E-state index is 13.2. The van der Waals surface area contributed by atoms with Gasteiger partial charge in [0.1, 0.15) is 11.4 Å². The fourth-order valence-electron chi connectivity index (χ4n) is 3.45. The molecule has 9 heteroatoms. The number of rotatable bonds is 5. The van der Waals surface area contributed by atoms with Crippen molar-refractivity contribution in [2.75, 3.05) is 5.32 Å². The van der Waals surface area contributed by atoms with Gasteiger partial charge in [-0.05, 0) is 31.0 Å². The monoisotopic (exact) mass is 434 g/mol. The van der Waals surface area contributed by atoms with Crippen LogP contribution in [0, 0.1) is 24.0 Å². The molecule has 4 rings (SSSR count). The van der Waals surface area contributed by atoms with Crippen molar-refractivity contribution in [2.24, 2.45) is 0 Å². The zero-order valence-electron chi connectivity index (χ0n) is 16.8. The fraction of sp³-hybridized carbons (Fsp3) is 0.136. The molecule has 4 aromatic rings. The second-order valence-corrected chi connectivity index (χ2v) is 8.04. The summed E-state index contributed by atoms with van der Waals surface area (Å²) in [4.78, 5) is 40.9. The maximum atomic E-state index is 13.2. The lowest BCUT2D eigenvalue weighted by Gasteiger charge is -2.09. The van der Waals surface area contributed by atoms with E-state index in [0.717, 1.165) is 22.3 Å². The van der Waals surface area contributed by atoms with Gasteiger partial charge in [0.15, 0.2) is 0 Å². The number of hydrogen-bond acceptors (Lipinski definition) is 6. The van der Waals surface area contributed by atoms with E-state index < -0.39 is 10.8 Å². The molecule has 2 aromatic carbocycles. The lowest BCUT2D eigenvalue weighted by molar-refractivity contribution is -0.384. The summed E-state index contributed by atoms with van der Waals surface area (Å²) in [5.74, 6) is -0.480. The number of fused-ring (bicyclic) bond motifs is 1. The molecule has 0 unspecified atom stereocenters. The molecule has 0 aliphatic carbocycles. The first-order chi connectivity index (χ1) is 14.8. The number of nitro benzene ring substituents is 1. The van der Waals surface area contributed by atoms with E-state index in [1.54, 1.807) is 6.07 Å². The average molecular weight is 434 g/mol. The summed E-state index contributed by atoms with van der Waals surface area (Å²) in [7, 11) is 0. The number of nitrogens with zero attached hydrogens (tertiary/aromatic N) is 3. The van der Waals surface area contributed by atoms with Gasteiger partial charge < -0.3 is 5.32 Å². The van der Waals surface area contributed by atoms with E-state index in [2.05, 4.69) is 16.4 Å². The highest BCUT2D eigenvalue weighted by atomic mass is 32.1. The summed E-state index contributed by atoms with van der Waals surface area (Å²) in [6, 6.07) is 11.7. The Kier molecular flexibility index (Phi) is 5.35. The number of benzene rings is 2. The van der Waals surface area contributed by atoms with Crippen LogP contribution in [-0.2, 0) is 11.3 Å². The minimum Gasteiger partial charge on any atom is -0.324 e. The third kappa shape index (κ3) is 4.08. The first-order valence-electron chi connectivity index (χ1n) is 9.42. The van der Waals surface area contributed by atoms with Gasteiger partial charge in [-0.2, -0.15) is 0 Å². The van der Waals surface area contributed by atoms with E-state index in [0.29, 0.717) is 10.2 Å². The van der Waals surface area contributed by atoms with E-state index in [1.165, 1.54) is 40.4 Å². The highest BCUT2D eigenvalue weighted by molar-refractivity contribution is 7.17. The van der Waals surface area contributed by atoms with Crippen LogP contribution in [-0.4, -0.2) is 20.4 Å². The van der Waals surface area contributed by atoms with Crippen LogP contribution >= 0.6 is 11.3 Å². The minimum absolute atomic E-state index is 0.130. The molecule has 0 atom stereocenters. The molecule has 2 heterocycles. The van der Waals surface area contributed by atoms with E-state index in [4.69, 9.17) is 0 Å². The number of non-ortho nitro benzene ring substituents is 1. The third-order valence-electron chi connectivity index (χ3n) is 4.89. The van der Waals surface area contributed by atoms with Gasteiger partial charge in [0.25, 0.3) is 11.2 Å². The van der Waals surface area contributed by atoms with Gasteiger partial charge in [-0.3, -0.25) is 24.3 Å². The summed E-state index contributed by atoms with van der Waals surface area (Å²) in [5, 5.41) is 15.9. The highest BCUT2D eigenvalue weighted by Gasteiger charge is 2.16. The Hall–Kier alpha value is -3.85. The number of carbonyl (C=O) groups excluding carboxylic acids is 1. The van der Waals surface area contributed by atoms with Crippen molar-refractivity contribution in [1.82, 2.24) is 9.55 Å². The summed E-state index contributed by atoms with van der Waals surface area (Å²) in [6.07, 6.45) is 1.35. The van der Waals surface area contributed by atoms with Crippen molar-refractivity contribution < 1.29 is 9.72 Å². The van der Waals surface area contributed by atoms with Gasteiger partial charge in [-0.1, -0.05) is 29.8 Å². The van der Waals surface area contributed by atoms with Crippen LogP contribution in [0.4, 0.5) is 11.4 Å². The van der Waals surface area contributed by atoms with Crippen molar-refractivity contribution in [3.63, 3.8) is 0 Å². The predicted molar refractivity (Wildman–Crippen MR) is 121 cm³/mol. The highest BCUT2D eigenvalue weighted by Crippen LogP contribution is 2.33. The van der Waals surface area contributed by atoms with Crippen LogP contribution in [0.5, 0.6) is 0 Å². The summed E-state index contributed by atoms with van der Waals surface area (Å²) < 4.78 is 1.24. The van der Waals surface area contributed by atoms with Crippen LogP contribution in [0.2, 0.25) is 0 Å². The summed E-state index contributed by atoms with van der Waals surface area (Å²) in [6.45, 7) is 3.75. The second kappa shape index (κ2) is 8.11. The molecule has 2 aromatic heterocycles. The number of amides is 1. The number of carbonyl (C=O) groups is 1. The first kappa shape index (κ1) is 20.4. The van der Waals surface area contributed by atoms with Gasteiger partial charge in [-0.15, -0.1) is 11.3 Å². The molecule has 0 aliphatic rings. The normalized spacial score (nSPS) is 10.9. The molecule has 1 amide bonds. The lowest BCUT2D eigenvalue weighted by atomic mass is 9.99. The van der Waals surface area contributed by atoms with Crippen molar-refractivity contribution in [2.45, 2.75) is 20.4 Å². The molecular formula is C22H18N4O4S. The van der Waals surface area contributed by atoms with Crippen LogP contribution in [0.15, 0.2) is 59.0 Å². The zero-order chi connectivity index (χ0) is 22.1. The fourth-order valence-corrected chi connectivity index (χ4v) is 4.34. The molecule has 156 valence electrons. The Morgan fingerprint density at radius 3 is 2.74 bits per heavy atom. The Bertz CT molecular complexity index is 1390. The number of aromatic nitrogens is 2. The largest absolute Gasteiger partial charge is 0.324 e. The summed E-state index contributed by atoms with van der Waals surface area (Å²) >= 11 is 1.38. The Morgan fingerprint density at radius 1 is 1.19 bits per heavy atom. The number of aryl methyl sites for hydroxylation is 2. The number of hydrogen-bond donors (Lipinski definition) is 1. The summed E-state index contributed by atoms with van der Waals surface area (Å²) in [5.41, 5.74) is 3.78. The van der Waals surface area contributed by atoms with Crippen molar-refractivity contribution in [3.8, 4) is 11.1 Å². The second-order valence-electron chi connectivity index (χ2n) is 7.18. The molecule has 0 saturated heterocycles. The minimum atomic E-state index is -0.539. The molecule has 0 aliphatic heterocycles. The van der Waals surface area contributed by atoms with Gasteiger partial charge >= 0.3 is 0 Å². The molecule has 0 bridgehead atoms. The zero-order valence-corrected chi connectivity index (χ0v) is 17.6. The van der Waals surface area contributed by atoms with E-state index in [-0.39, 0.29) is 23.5 Å². The maximum Gasteiger partial charge on any atom is 0.271 e. The number of nitrogens with one attached hydrogen (secondary N) is 1. The van der Waals surface area contributed by atoms with Crippen molar-refractivity contribution >= 4 is 38.8 Å². The molecule has 0 radical (unpaired) electrons. The Balaban J connectivity index is 1.65. The van der Waals surface area contributed by atoms with E-state index >= 15 is 0 Å². The standard InChI is InChI=1S/C22H18N4O4S/c1-13-6-7-17(14(2)8-13)18-11-31-21-20(18)22(28)25(12-23-21)10-19(27)24-15-4-3-5-16(9-15)26(29)30/h3-9,11-12H,10H2,1-2H3,(H,24,27). The number of nitro groups is 1. The van der Waals surface area contributed by atoms with Gasteiger partial charge in [0, 0.05) is 28.8 Å². The predicted octanol–water partition coefficient (Wildman–Crippen LogP) is 4.29.